The molecule has 1 unspecified atom stereocenters. The zero-order chi connectivity index (χ0) is 15.5. The zero-order valence-corrected chi connectivity index (χ0v) is 13.2. The molecule has 120 valence electrons. The topological polar surface area (TPSA) is 69.6 Å². The molecule has 1 atom stereocenters. The molecule has 1 aliphatic carbocycles. The second-order valence-corrected chi connectivity index (χ2v) is 6.76. The van der Waals surface area contributed by atoms with E-state index in [1.54, 1.807) is 6.92 Å². The molecule has 1 heterocycles. The van der Waals surface area contributed by atoms with Gasteiger partial charge in [-0.2, -0.15) is 0 Å². The van der Waals surface area contributed by atoms with Crippen LogP contribution < -0.4 is 5.32 Å². The monoisotopic (exact) mass is 296 g/mol. The zero-order valence-electron chi connectivity index (χ0n) is 13.2. The average Bonchev–Trinajstić information content (AvgIpc) is 2.48. The number of urea groups is 1. The van der Waals surface area contributed by atoms with Gasteiger partial charge in [-0.05, 0) is 57.8 Å². The van der Waals surface area contributed by atoms with Crippen molar-refractivity contribution in [1.82, 2.24) is 10.2 Å². The minimum absolute atomic E-state index is 0.195. The normalized spacial score (nSPS) is 33.5. The number of carbonyl (C=O) groups is 2. The van der Waals surface area contributed by atoms with Crippen molar-refractivity contribution in [3.05, 3.63) is 0 Å². The molecular formula is C16H28N2O3. The van der Waals surface area contributed by atoms with E-state index < -0.39 is 11.5 Å². The van der Waals surface area contributed by atoms with Gasteiger partial charge in [-0.25, -0.2) is 9.59 Å². The van der Waals surface area contributed by atoms with E-state index in [4.69, 9.17) is 0 Å². The quantitative estimate of drug-likeness (QED) is 0.841. The highest BCUT2D eigenvalue weighted by atomic mass is 16.4. The lowest BCUT2D eigenvalue weighted by atomic mass is 9.84. The van der Waals surface area contributed by atoms with Crippen molar-refractivity contribution in [2.24, 2.45) is 5.92 Å². The molecule has 2 N–H and O–H groups in total. The smallest absolute Gasteiger partial charge is 0.329 e. The fraction of sp³-hybridized carbons (Fsp3) is 0.875. The molecule has 0 aromatic carbocycles. The maximum atomic E-state index is 12.5. The number of aliphatic carboxylic acids is 1. The Morgan fingerprint density at radius 2 is 1.90 bits per heavy atom. The van der Waals surface area contributed by atoms with E-state index >= 15 is 0 Å². The minimum Gasteiger partial charge on any atom is -0.480 e. The van der Waals surface area contributed by atoms with Crippen molar-refractivity contribution in [2.45, 2.75) is 76.8 Å². The predicted octanol–water partition coefficient (Wildman–Crippen LogP) is 2.99. The fourth-order valence-electron chi connectivity index (χ4n) is 3.64. The number of carboxylic acid groups (broad SMARTS) is 1. The Balaban J connectivity index is 1.94. The summed E-state index contributed by atoms with van der Waals surface area (Å²) < 4.78 is 0. The molecule has 2 fully saturated rings. The molecule has 2 aliphatic rings. The van der Waals surface area contributed by atoms with Gasteiger partial charge in [0.05, 0.1) is 0 Å². The standard InChI is InChI=1S/C16H28N2O3/c1-3-12-6-8-13(9-7-12)17-15(21)18-11-5-4-10-16(18,2)14(19)20/h12-13H,3-11H2,1-2H3,(H,17,21)(H,19,20). The second kappa shape index (κ2) is 6.67. The highest BCUT2D eigenvalue weighted by molar-refractivity contribution is 5.86. The van der Waals surface area contributed by atoms with Crippen LogP contribution in [-0.4, -0.2) is 40.1 Å². The first-order chi connectivity index (χ1) is 9.97. The Bertz CT molecular complexity index is 391. The number of amides is 2. The van der Waals surface area contributed by atoms with Gasteiger partial charge in [-0.1, -0.05) is 13.3 Å². The third-order valence-electron chi connectivity index (χ3n) is 5.35. The van der Waals surface area contributed by atoms with E-state index in [1.807, 2.05) is 0 Å². The largest absolute Gasteiger partial charge is 0.480 e. The first-order valence-corrected chi connectivity index (χ1v) is 8.29. The molecule has 21 heavy (non-hydrogen) atoms. The number of piperidine rings is 1. The summed E-state index contributed by atoms with van der Waals surface area (Å²) in [5.74, 6) is -0.107. The van der Waals surface area contributed by atoms with Crippen LogP contribution in [0.5, 0.6) is 0 Å². The van der Waals surface area contributed by atoms with E-state index in [0.29, 0.717) is 13.0 Å². The van der Waals surface area contributed by atoms with Crippen molar-refractivity contribution < 1.29 is 14.7 Å². The summed E-state index contributed by atoms with van der Waals surface area (Å²) in [7, 11) is 0. The first-order valence-electron chi connectivity index (χ1n) is 8.29. The molecule has 0 bridgehead atoms. The van der Waals surface area contributed by atoms with Crippen LogP contribution in [0.25, 0.3) is 0 Å². The molecule has 2 rings (SSSR count). The first kappa shape index (κ1) is 16.1. The summed E-state index contributed by atoms with van der Waals surface area (Å²) in [6.45, 7) is 4.43. The summed E-state index contributed by atoms with van der Waals surface area (Å²) in [6.07, 6.45) is 7.87. The summed E-state index contributed by atoms with van der Waals surface area (Å²) in [5, 5.41) is 12.5. The fourth-order valence-corrected chi connectivity index (χ4v) is 3.64. The van der Waals surface area contributed by atoms with Gasteiger partial charge in [0.2, 0.25) is 0 Å². The number of likely N-dealkylation sites (tertiary alicyclic amines) is 1. The minimum atomic E-state index is -1.05. The van der Waals surface area contributed by atoms with Crippen LogP contribution in [-0.2, 0) is 4.79 Å². The van der Waals surface area contributed by atoms with Gasteiger partial charge in [0, 0.05) is 12.6 Å². The molecule has 2 amide bonds. The molecule has 5 nitrogen and oxygen atoms in total. The van der Waals surface area contributed by atoms with Crippen LogP contribution in [0.15, 0.2) is 0 Å². The van der Waals surface area contributed by atoms with Crippen molar-refractivity contribution in [3.63, 3.8) is 0 Å². The number of carbonyl (C=O) groups excluding carboxylic acids is 1. The van der Waals surface area contributed by atoms with Gasteiger partial charge >= 0.3 is 12.0 Å². The lowest BCUT2D eigenvalue weighted by Crippen LogP contribution is -2.61. The van der Waals surface area contributed by atoms with E-state index in [9.17, 15) is 14.7 Å². The van der Waals surface area contributed by atoms with E-state index in [-0.39, 0.29) is 12.1 Å². The summed E-state index contributed by atoms with van der Waals surface area (Å²) in [4.78, 5) is 25.6. The average molecular weight is 296 g/mol. The number of nitrogens with one attached hydrogen (secondary N) is 1. The van der Waals surface area contributed by atoms with Crippen LogP contribution in [0, 0.1) is 5.92 Å². The van der Waals surface area contributed by atoms with Gasteiger partial charge in [0.1, 0.15) is 5.54 Å². The Morgan fingerprint density at radius 3 is 2.48 bits per heavy atom. The Labute approximate surface area is 127 Å². The number of nitrogens with zero attached hydrogens (tertiary/aromatic N) is 1. The second-order valence-electron chi connectivity index (χ2n) is 6.76. The maximum absolute atomic E-state index is 12.5. The highest BCUT2D eigenvalue weighted by Crippen LogP contribution is 2.30. The van der Waals surface area contributed by atoms with Crippen LogP contribution in [0.3, 0.4) is 0 Å². The lowest BCUT2D eigenvalue weighted by molar-refractivity contribution is -0.150. The predicted molar refractivity (Wildman–Crippen MR) is 81.2 cm³/mol. The lowest BCUT2D eigenvalue weighted by Gasteiger charge is -2.42. The van der Waals surface area contributed by atoms with Gasteiger partial charge in [-0.3, -0.25) is 0 Å². The summed E-state index contributed by atoms with van der Waals surface area (Å²) in [5.41, 5.74) is -1.05. The maximum Gasteiger partial charge on any atom is 0.329 e. The Hall–Kier alpha value is -1.26. The molecule has 0 aromatic heterocycles. The number of carboxylic acids is 1. The Morgan fingerprint density at radius 1 is 1.24 bits per heavy atom. The van der Waals surface area contributed by atoms with E-state index in [2.05, 4.69) is 12.2 Å². The van der Waals surface area contributed by atoms with Crippen LogP contribution >= 0.6 is 0 Å². The number of hydrogen-bond acceptors (Lipinski definition) is 2. The molecule has 5 heteroatoms. The molecule has 0 radical (unpaired) electrons. The number of hydrogen-bond donors (Lipinski definition) is 2. The molecule has 0 spiro atoms. The van der Waals surface area contributed by atoms with Gasteiger partial charge in [0.15, 0.2) is 0 Å². The third kappa shape index (κ3) is 3.50. The van der Waals surface area contributed by atoms with Crippen molar-refractivity contribution in [2.75, 3.05) is 6.54 Å². The van der Waals surface area contributed by atoms with Crippen molar-refractivity contribution >= 4 is 12.0 Å². The molecular weight excluding hydrogens is 268 g/mol. The van der Waals surface area contributed by atoms with Crippen LogP contribution in [0.1, 0.15) is 65.2 Å². The van der Waals surface area contributed by atoms with Crippen LogP contribution in [0.4, 0.5) is 4.79 Å². The van der Waals surface area contributed by atoms with Gasteiger partial charge in [0.25, 0.3) is 0 Å². The van der Waals surface area contributed by atoms with Gasteiger partial charge < -0.3 is 15.3 Å². The highest BCUT2D eigenvalue weighted by Gasteiger charge is 2.44. The summed E-state index contributed by atoms with van der Waals surface area (Å²) >= 11 is 0. The molecule has 1 saturated heterocycles. The summed E-state index contributed by atoms with van der Waals surface area (Å²) in [6, 6.07) is 0.0137. The van der Waals surface area contributed by atoms with Crippen molar-refractivity contribution in [1.29, 1.82) is 0 Å². The Kier molecular flexibility index (Phi) is 5.12. The SMILES string of the molecule is CCC1CCC(NC(=O)N2CCCCC2(C)C(=O)O)CC1. The molecule has 1 saturated carbocycles. The third-order valence-corrected chi connectivity index (χ3v) is 5.35. The van der Waals surface area contributed by atoms with E-state index in [0.717, 1.165) is 44.4 Å². The van der Waals surface area contributed by atoms with Crippen LogP contribution in [0.2, 0.25) is 0 Å². The van der Waals surface area contributed by atoms with Gasteiger partial charge in [-0.15, -0.1) is 0 Å². The van der Waals surface area contributed by atoms with Crippen molar-refractivity contribution in [3.8, 4) is 0 Å². The van der Waals surface area contributed by atoms with E-state index in [1.165, 1.54) is 11.3 Å². The number of rotatable bonds is 3. The molecule has 0 aromatic rings. The molecule has 1 aliphatic heterocycles.